The molecule has 2 N–H and O–H groups in total. The molecule has 0 amide bonds. The van der Waals surface area contributed by atoms with Crippen molar-refractivity contribution in [3.63, 3.8) is 0 Å². The molecule has 0 radical (unpaired) electrons. The van der Waals surface area contributed by atoms with Gasteiger partial charge in [-0.25, -0.2) is 9.67 Å². The van der Waals surface area contributed by atoms with E-state index in [1.54, 1.807) is 13.3 Å². The summed E-state index contributed by atoms with van der Waals surface area (Å²) in [7, 11) is 1.67. The van der Waals surface area contributed by atoms with Gasteiger partial charge in [0, 0.05) is 24.8 Å². The summed E-state index contributed by atoms with van der Waals surface area (Å²) in [4.78, 5) is 4.66. The molecule has 5 rings (SSSR count). The van der Waals surface area contributed by atoms with Crippen molar-refractivity contribution < 1.29 is 9.47 Å². The maximum absolute atomic E-state index is 6.28. The first kappa shape index (κ1) is 20.3. The highest BCUT2D eigenvalue weighted by atomic mass is 16.5. The molecule has 0 bridgehead atoms. The third kappa shape index (κ3) is 4.24. The second-order valence-electron chi connectivity index (χ2n) is 8.11. The van der Waals surface area contributed by atoms with Crippen LogP contribution in [0.2, 0.25) is 0 Å². The summed E-state index contributed by atoms with van der Waals surface area (Å²) in [6.07, 6.45) is 2.83. The van der Waals surface area contributed by atoms with E-state index >= 15 is 0 Å². The summed E-state index contributed by atoms with van der Waals surface area (Å²) in [6.45, 7) is 4.59. The molecule has 7 nitrogen and oxygen atoms in total. The van der Waals surface area contributed by atoms with Gasteiger partial charge in [0.15, 0.2) is 11.5 Å². The van der Waals surface area contributed by atoms with E-state index in [9.17, 15) is 0 Å². The Balaban J connectivity index is 1.53. The summed E-state index contributed by atoms with van der Waals surface area (Å²) < 4.78 is 13.5. The van der Waals surface area contributed by atoms with Gasteiger partial charge in [0.2, 0.25) is 0 Å². The number of benzene rings is 2. The van der Waals surface area contributed by atoms with Crippen molar-refractivity contribution in [2.45, 2.75) is 25.9 Å². The zero-order valence-corrected chi connectivity index (χ0v) is 18.3. The summed E-state index contributed by atoms with van der Waals surface area (Å²) in [5.41, 5.74) is 3.11. The molecular formula is C25H27N5O2. The highest BCUT2D eigenvalue weighted by Crippen LogP contribution is 2.35. The van der Waals surface area contributed by atoms with E-state index in [2.05, 4.69) is 22.5 Å². The van der Waals surface area contributed by atoms with Crippen LogP contribution in [-0.2, 0) is 6.54 Å². The summed E-state index contributed by atoms with van der Waals surface area (Å²) >= 11 is 0. The third-order valence-electron chi connectivity index (χ3n) is 5.74. The number of hydrogen-bond acceptors (Lipinski definition) is 6. The van der Waals surface area contributed by atoms with Crippen molar-refractivity contribution in [1.82, 2.24) is 20.1 Å². The highest BCUT2D eigenvalue weighted by Gasteiger charge is 2.22. The van der Waals surface area contributed by atoms with Gasteiger partial charge in [-0.05, 0) is 49.7 Å². The predicted molar refractivity (Wildman–Crippen MR) is 126 cm³/mol. The maximum atomic E-state index is 6.28. The van der Waals surface area contributed by atoms with Crippen LogP contribution in [0, 0.1) is 6.92 Å². The van der Waals surface area contributed by atoms with Crippen LogP contribution in [0.4, 0.5) is 5.82 Å². The van der Waals surface area contributed by atoms with Crippen molar-refractivity contribution in [3.05, 3.63) is 71.9 Å². The first-order valence-electron chi connectivity index (χ1n) is 10.9. The fourth-order valence-corrected chi connectivity index (χ4v) is 3.97. The van der Waals surface area contributed by atoms with Gasteiger partial charge in [-0.2, -0.15) is 5.10 Å². The lowest BCUT2D eigenvalue weighted by Crippen LogP contribution is -2.22. The fraction of sp³-hybridized carbons (Fsp3) is 0.280. The molecule has 4 aromatic rings. The molecular weight excluding hydrogens is 402 g/mol. The lowest BCUT2D eigenvalue weighted by molar-refractivity contribution is 0.414. The van der Waals surface area contributed by atoms with Gasteiger partial charge in [0.05, 0.1) is 13.7 Å². The van der Waals surface area contributed by atoms with Crippen LogP contribution in [0.5, 0.6) is 17.2 Å². The van der Waals surface area contributed by atoms with Crippen molar-refractivity contribution in [3.8, 4) is 17.2 Å². The molecule has 1 aliphatic rings. The van der Waals surface area contributed by atoms with Crippen LogP contribution in [0.1, 0.15) is 17.5 Å². The van der Waals surface area contributed by atoms with Gasteiger partial charge < -0.3 is 20.1 Å². The van der Waals surface area contributed by atoms with Crippen molar-refractivity contribution in [2.24, 2.45) is 0 Å². The summed E-state index contributed by atoms with van der Waals surface area (Å²) in [6, 6.07) is 18.3. The Kier molecular flexibility index (Phi) is 5.64. The van der Waals surface area contributed by atoms with Crippen molar-refractivity contribution in [1.29, 1.82) is 0 Å². The molecule has 0 unspecified atom stereocenters. The largest absolute Gasteiger partial charge is 0.497 e. The van der Waals surface area contributed by atoms with E-state index in [1.165, 1.54) is 5.56 Å². The summed E-state index contributed by atoms with van der Waals surface area (Å²) in [5, 5.41) is 12.8. The van der Waals surface area contributed by atoms with Crippen LogP contribution < -0.4 is 20.1 Å². The molecule has 2 aromatic carbocycles. The van der Waals surface area contributed by atoms with Crippen LogP contribution in [0.15, 0.2) is 60.8 Å². The standard InChI is InChI=1S/C25H27N5O2/c1-17-3-7-21(8-4-17)32-22-12-14-27-25-23(22)24(28-19-11-13-26-15-19)29-30(25)16-18-5-9-20(31-2)10-6-18/h3-10,12,14,19,26H,11,13,15-16H2,1-2H3,(H,28,29)/t19-/m1/s1. The minimum absolute atomic E-state index is 0.329. The van der Waals surface area contributed by atoms with Crippen molar-refractivity contribution >= 4 is 16.9 Å². The van der Waals surface area contributed by atoms with E-state index in [-0.39, 0.29) is 0 Å². The molecule has 164 valence electrons. The van der Waals surface area contributed by atoms with E-state index in [0.717, 1.165) is 59.2 Å². The number of pyridine rings is 1. The number of nitrogens with zero attached hydrogens (tertiary/aromatic N) is 3. The minimum atomic E-state index is 0.329. The van der Waals surface area contributed by atoms with E-state index in [1.807, 2.05) is 59.3 Å². The normalized spacial score (nSPS) is 15.8. The SMILES string of the molecule is COc1ccc(Cn2nc(N[C@@H]3CCNC3)c3c(Oc4ccc(C)cc4)ccnc32)cc1. The van der Waals surface area contributed by atoms with Crippen molar-refractivity contribution in [2.75, 3.05) is 25.5 Å². The van der Waals surface area contributed by atoms with Gasteiger partial charge in [0.1, 0.15) is 22.6 Å². The Morgan fingerprint density at radius 2 is 1.84 bits per heavy atom. The first-order chi connectivity index (χ1) is 15.7. The second-order valence-corrected chi connectivity index (χ2v) is 8.11. The highest BCUT2D eigenvalue weighted by molar-refractivity contribution is 5.93. The predicted octanol–water partition coefficient (Wildman–Crippen LogP) is 4.36. The van der Waals surface area contributed by atoms with E-state index in [4.69, 9.17) is 14.6 Å². The smallest absolute Gasteiger partial charge is 0.164 e. The number of anilines is 1. The molecule has 0 aliphatic carbocycles. The molecule has 0 spiro atoms. The van der Waals surface area contributed by atoms with Crippen LogP contribution >= 0.6 is 0 Å². The average molecular weight is 430 g/mol. The number of nitrogens with one attached hydrogen (secondary N) is 2. The number of rotatable bonds is 7. The van der Waals surface area contributed by atoms with Crippen LogP contribution in [0.25, 0.3) is 11.0 Å². The Morgan fingerprint density at radius 3 is 2.56 bits per heavy atom. The van der Waals surface area contributed by atoms with Gasteiger partial charge >= 0.3 is 0 Å². The Morgan fingerprint density at radius 1 is 1.06 bits per heavy atom. The van der Waals surface area contributed by atoms with Gasteiger partial charge in [-0.15, -0.1) is 0 Å². The van der Waals surface area contributed by atoms with Crippen LogP contribution in [-0.4, -0.2) is 41.0 Å². The molecule has 1 atom stereocenters. The molecule has 1 saturated heterocycles. The number of aromatic nitrogens is 3. The Bertz CT molecular complexity index is 1200. The zero-order chi connectivity index (χ0) is 21.9. The van der Waals surface area contributed by atoms with Gasteiger partial charge in [-0.1, -0.05) is 29.8 Å². The maximum Gasteiger partial charge on any atom is 0.164 e. The number of hydrogen-bond donors (Lipinski definition) is 2. The second kappa shape index (κ2) is 8.88. The number of methoxy groups -OCH3 is 1. The number of ether oxygens (including phenoxy) is 2. The molecule has 3 heterocycles. The van der Waals surface area contributed by atoms with Gasteiger partial charge in [-0.3, -0.25) is 0 Å². The molecule has 1 fully saturated rings. The molecule has 1 aliphatic heterocycles. The lowest BCUT2D eigenvalue weighted by Gasteiger charge is -2.12. The number of aryl methyl sites for hydroxylation is 1. The molecule has 7 heteroatoms. The molecule has 2 aromatic heterocycles. The average Bonchev–Trinajstić information content (AvgIpc) is 3.45. The molecule has 0 saturated carbocycles. The minimum Gasteiger partial charge on any atom is -0.497 e. The van der Waals surface area contributed by atoms with Crippen LogP contribution in [0.3, 0.4) is 0 Å². The monoisotopic (exact) mass is 429 g/mol. The fourth-order valence-electron chi connectivity index (χ4n) is 3.97. The quantitative estimate of drug-likeness (QED) is 0.455. The van der Waals surface area contributed by atoms with E-state index in [0.29, 0.717) is 12.6 Å². The third-order valence-corrected chi connectivity index (χ3v) is 5.74. The Hall–Kier alpha value is -3.58. The molecule has 32 heavy (non-hydrogen) atoms. The lowest BCUT2D eigenvalue weighted by atomic mass is 10.2. The first-order valence-corrected chi connectivity index (χ1v) is 10.9. The van der Waals surface area contributed by atoms with Gasteiger partial charge in [0.25, 0.3) is 0 Å². The number of fused-ring (bicyclic) bond motifs is 1. The zero-order valence-electron chi connectivity index (χ0n) is 18.3. The summed E-state index contributed by atoms with van der Waals surface area (Å²) in [5.74, 6) is 3.17. The topological polar surface area (TPSA) is 73.2 Å². The van der Waals surface area contributed by atoms with E-state index < -0.39 is 0 Å². The Labute approximate surface area is 187 Å².